The third-order valence-electron chi connectivity index (χ3n) is 5.63. The van der Waals surface area contributed by atoms with E-state index in [0.29, 0.717) is 43.2 Å². The van der Waals surface area contributed by atoms with Crippen molar-refractivity contribution < 1.29 is 18.7 Å². The Kier molecular flexibility index (Phi) is 7.24. The van der Waals surface area contributed by atoms with Crippen molar-refractivity contribution in [2.45, 2.75) is 0 Å². The van der Waals surface area contributed by atoms with E-state index in [1.807, 2.05) is 12.1 Å². The molecule has 34 heavy (non-hydrogen) atoms. The quantitative estimate of drug-likeness (QED) is 0.511. The highest BCUT2D eigenvalue weighted by molar-refractivity contribution is 6.37. The van der Waals surface area contributed by atoms with Crippen LogP contribution < -0.4 is 15.0 Å². The van der Waals surface area contributed by atoms with Crippen molar-refractivity contribution in [2.24, 2.45) is 0 Å². The fourth-order valence-electron chi connectivity index (χ4n) is 3.82. The Bertz CT molecular complexity index is 1190. The number of amides is 2. The average molecular weight is 502 g/mol. The highest BCUT2D eigenvalue weighted by atomic mass is 35.5. The summed E-state index contributed by atoms with van der Waals surface area (Å²) < 4.78 is 19.0. The standard InChI is InChI=1S/C25H22Cl2FN3O3/c1-34-23-20(26)14-16(15-21(23)27)24(32)29-17-6-8-18(9-7-17)30-10-12-31(13-11-30)25(33)19-4-2-3-5-22(19)28/h2-9,14-15H,10-13H2,1H3,(H,29,32). The summed E-state index contributed by atoms with van der Waals surface area (Å²) in [5.41, 5.74) is 1.99. The van der Waals surface area contributed by atoms with Gasteiger partial charge < -0.3 is 19.9 Å². The second-order valence-electron chi connectivity index (χ2n) is 7.73. The molecule has 1 aliphatic heterocycles. The second-order valence-corrected chi connectivity index (χ2v) is 8.55. The molecular formula is C25H22Cl2FN3O3. The van der Waals surface area contributed by atoms with Crippen LogP contribution in [0.4, 0.5) is 15.8 Å². The van der Waals surface area contributed by atoms with Crippen LogP contribution >= 0.6 is 23.2 Å². The van der Waals surface area contributed by atoms with Crippen LogP contribution in [0.5, 0.6) is 5.75 Å². The lowest BCUT2D eigenvalue weighted by Crippen LogP contribution is -2.49. The first-order chi connectivity index (χ1) is 16.4. The summed E-state index contributed by atoms with van der Waals surface area (Å²) in [5.74, 6) is -0.833. The van der Waals surface area contributed by atoms with E-state index in [9.17, 15) is 14.0 Å². The molecule has 0 unspecified atom stereocenters. The van der Waals surface area contributed by atoms with E-state index in [1.54, 1.807) is 29.2 Å². The summed E-state index contributed by atoms with van der Waals surface area (Å²) >= 11 is 12.2. The summed E-state index contributed by atoms with van der Waals surface area (Å²) in [6.45, 7) is 2.22. The lowest BCUT2D eigenvalue weighted by molar-refractivity contribution is 0.0742. The molecule has 0 bridgehead atoms. The number of hydrogen-bond acceptors (Lipinski definition) is 4. The first-order valence-electron chi connectivity index (χ1n) is 10.6. The Balaban J connectivity index is 1.36. The fourth-order valence-corrected chi connectivity index (χ4v) is 4.46. The van der Waals surface area contributed by atoms with E-state index in [0.717, 1.165) is 5.69 Å². The van der Waals surface area contributed by atoms with Gasteiger partial charge in [0.05, 0.1) is 22.7 Å². The molecule has 1 N–H and O–H groups in total. The number of piperazine rings is 1. The van der Waals surface area contributed by atoms with E-state index < -0.39 is 5.82 Å². The molecule has 3 aromatic rings. The molecule has 3 aromatic carbocycles. The average Bonchev–Trinajstić information content (AvgIpc) is 2.84. The number of benzene rings is 3. The van der Waals surface area contributed by atoms with Crippen molar-refractivity contribution in [2.75, 3.05) is 43.5 Å². The Morgan fingerprint density at radius 3 is 2.15 bits per heavy atom. The van der Waals surface area contributed by atoms with Gasteiger partial charge in [0.2, 0.25) is 0 Å². The van der Waals surface area contributed by atoms with Gasteiger partial charge in [-0.25, -0.2) is 4.39 Å². The van der Waals surface area contributed by atoms with Crippen LogP contribution in [0.15, 0.2) is 60.7 Å². The largest absolute Gasteiger partial charge is 0.494 e. The zero-order chi connectivity index (χ0) is 24.2. The van der Waals surface area contributed by atoms with Gasteiger partial charge in [-0.15, -0.1) is 0 Å². The molecule has 2 amide bonds. The maximum atomic E-state index is 13.9. The maximum Gasteiger partial charge on any atom is 0.256 e. The third kappa shape index (κ3) is 5.11. The van der Waals surface area contributed by atoms with E-state index in [2.05, 4.69) is 10.2 Å². The Labute approximate surface area is 206 Å². The molecule has 0 spiro atoms. The van der Waals surface area contributed by atoms with Crippen LogP contribution in [0.2, 0.25) is 10.0 Å². The van der Waals surface area contributed by atoms with Crippen molar-refractivity contribution in [3.63, 3.8) is 0 Å². The van der Waals surface area contributed by atoms with Crippen molar-refractivity contribution in [3.05, 3.63) is 87.7 Å². The molecule has 0 aromatic heterocycles. The number of ether oxygens (including phenoxy) is 1. The van der Waals surface area contributed by atoms with Gasteiger partial charge in [-0.05, 0) is 48.5 Å². The molecule has 1 fully saturated rings. The molecule has 6 nitrogen and oxygen atoms in total. The van der Waals surface area contributed by atoms with Gasteiger partial charge in [-0.1, -0.05) is 35.3 Å². The van der Waals surface area contributed by atoms with Crippen LogP contribution in [-0.2, 0) is 0 Å². The molecule has 0 aliphatic carbocycles. The van der Waals surface area contributed by atoms with Gasteiger partial charge in [0.25, 0.3) is 11.8 Å². The van der Waals surface area contributed by atoms with Gasteiger partial charge in [0, 0.05) is 43.1 Å². The highest BCUT2D eigenvalue weighted by Crippen LogP contribution is 2.34. The van der Waals surface area contributed by atoms with E-state index in [-0.39, 0.29) is 27.4 Å². The predicted octanol–water partition coefficient (Wildman–Crippen LogP) is 5.36. The summed E-state index contributed by atoms with van der Waals surface area (Å²) in [6, 6.07) is 16.4. The number of nitrogens with zero attached hydrogens (tertiary/aromatic N) is 2. The first kappa shape index (κ1) is 23.9. The molecule has 0 saturated carbocycles. The number of anilines is 2. The van der Waals surface area contributed by atoms with Gasteiger partial charge in [-0.3, -0.25) is 9.59 Å². The molecular weight excluding hydrogens is 480 g/mol. The topological polar surface area (TPSA) is 61.9 Å². The van der Waals surface area contributed by atoms with Crippen LogP contribution in [-0.4, -0.2) is 50.0 Å². The number of nitrogens with one attached hydrogen (secondary N) is 1. The summed E-state index contributed by atoms with van der Waals surface area (Å²) in [7, 11) is 1.45. The van der Waals surface area contributed by atoms with Gasteiger partial charge in [0.15, 0.2) is 5.75 Å². The zero-order valence-electron chi connectivity index (χ0n) is 18.4. The van der Waals surface area contributed by atoms with Gasteiger partial charge in [0.1, 0.15) is 5.82 Å². The number of carbonyl (C=O) groups excluding carboxylic acids is 2. The molecule has 0 radical (unpaired) electrons. The number of rotatable bonds is 5. The van der Waals surface area contributed by atoms with Gasteiger partial charge in [-0.2, -0.15) is 0 Å². The van der Waals surface area contributed by atoms with Crippen LogP contribution in [0.3, 0.4) is 0 Å². The SMILES string of the molecule is COc1c(Cl)cc(C(=O)Nc2ccc(N3CCN(C(=O)c4ccccc4F)CC3)cc2)cc1Cl. The third-order valence-corrected chi connectivity index (χ3v) is 6.19. The second kappa shape index (κ2) is 10.3. The van der Waals surface area contributed by atoms with Crippen molar-refractivity contribution in [1.29, 1.82) is 0 Å². The van der Waals surface area contributed by atoms with E-state index >= 15 is 0 Å². The Morgan fingerprint density at radius 2 is 1.56 bits per heavy atom. The fraction of sp³-hybridized carbons (Fsp3) is 0.200. The normalized spacial score (nSPS) is 13.5. The molecule has 176 valence electrons. The number of hydrogen-bond donors (Lipinski definition) is 1. The Morgan fingerprint density at radius 1 is 0.941 bits per heavy atom. The first-order valence-corrected chi connectivity index (χ1v) is 11.4. The minimum atomic E-state index is -0.508. The van der Waals surface area contributed by atoms with Crippen molar-refractivity contribution in [3.8, 4) is 5.75 Å². The minimum Gasteiger partial charge on any atom is -0.494 e. The summed E-state index contributed by atoms with van der Waals surface area (Å²) in [4.78, 5) is 29.0. The van der Waals surface area contributed by atoms with Crippen LogP contribution in [0.25, 0.3) is 0 Å². The molecule has 1 heterocycles. The lowest BCUT2D eigenvalue weighted by Gasteiger charge is -2.36. The van der Waals surface area contributed by atoms with Crippen molar-refractivity contribution >= 4 is 46.4 Å². The lowest BCUT2D eigenvalue weighted by atomic mass is 10.1. The van der Waals surface area contributed by atoms with Crippen LogP contribution in [0.1, 0.15) is 20.7 Å². The minimum absolute atomic E-state index is 0.0930. The molecule has 9 heteroatoms. The van der Waals surface area contributed by atoms with Crippen molar-refractivity contribution in [1.82, 2.24) is 4.90 Å². The smallest absolute Gasteiger partial charge is 0.256 e. The van der Waals surface area contributed by atoms with Crippen LogP contribution in [0, 0.1) is 5.82 Å². The predicted molar refractivity (Wildman–Crippen MR) is 132 cm³/mol. The Hall–Kier alpha value is -3.29. The van der Waals surface area contributed by atoms with Gasteiger partial charge >= 0.3 is 0 Å². The highest BCUT2D eigenvalue weighted by Gasteiger charge is 2.24. The maximum absolute atomic E-state index is 13.9. The molecule has 4 rings (SSSR count). The molecule has 1 saturated heterocycles. The van der Waals surface area contributed by atoms with E-state index in [4.69, 9.17) is 27.9 Å². The monoisotopic (exact) mass is 501 g/mol. The summed E-state index contributed by atoms with van der Waals surface area (Å²) in [5, 5.41) is 3.33. The van der Waals surface area contributed by atoms with E-state index in [1.165, 1.54) is 31.4 Å². The zero-order valence-corrected chi connectivity index (χ0v) is 19.9. The molecule has 0 atom stereocenters. The molecule has 1 aliphatic rings. The summed E-state index contributed by atoms with van der Waals surface area (Å²) in [6.07, 6.45) is 0. The number of methoxy groups -OCH3 is 1. The number of halogens is 3. The number of carbonyl (C=O) groups is 2.